The number of hydrogen-bond acceptors (Lipinski definition) is 1. The van der Waals surface area contributed by atoms with Gasteiger partial charge in [-0.2, -0.15) is 0 Å². The number of unbranched alkanes of at least 4 members (excludes halogenated alkanes) is 4. The molecule has 0 rings (SSSR count). The number of aliphatic carboxylic acids is 1. The quantitative estimate of drug-likeness (QED) is 0.263. The summed E-state index contributed by atoms with van der Waals surface area (Å²) in [6.07, 6.45) is 21.3. The molecule has 0 radical (unpaired) electrons. The van der Waals surface area contributed by atoms with E-state index in [2.05, 4.69) is 50.0 Å². The predicted molar refractivity (Wildman–Crippen MR) is 91.4 cm³/mol. The molecule has 1 N–H and O–H groups in total. The average molecular weight is 290 g/mol. The topological polar surface area (TPSA) is 37.3 Å². The molecule has 2 heteroatoms. The Balaban J connectivity index is 3.49. The second-order valence-corrected chi connectivity index (χ2v) is 5.22. The van der Waals surface area contributed by atoms with Gasteiger partial charge < -0.3 is 5.11 Å². The number of carboxylic acids is 1. The summed E-state index contributed by atoms with van der Waals surface area (Å²) in [5.74, 6) is -0.688. The molecule has 0 unspecified atom stereocenters. The Hall–Kier alpha value is -1.57. The Morgan fingerprint density at radius 1 is 0.952 bits per heavy atom. The maximum atomic E-state index is 10.3. The molecular formula is C19H30O2. The van der Waals surface area contributed by atoms with Gasteiger partial charge >= 0.3 is 5.97 Å². The highest BCUT2D eigenvalue weighted by Gasteiger charge is 1.96. The lowest BCUT2D eigenvalue weighted by molar-refractivity contribution is -0.137. The van der Waals surface area contributed by atoms with Gasteiger partial charge in [0.2, 0.25) is 0 Å². The van der Waals surface area contributed by atoms with Crippen LogP contribution < -0.4 is 0 Å². The van der Waals surface area contributed by atoms with Gasteiger partial charge in [0.05, 0.1) is 0 Å². The standard InChI is InChI=1S/C19H30O2/c1-3-4-5-6-7-9-12-15-18(2)16-13-10-8-11-14-17-19(20)21/h4-5,7,9,12,15H,2-3,6,8,10-11,13-14,16-17H2,1H3,(H,20,21). The van der Waals surface area contributed by atoms with Gasteiger partial charge in [-0.15, -0.1) is 0 Å². The van der Waals surface area contributed by atoms with Crippen LogP contribution in [0.1, 0.15) is 64.7 Å². The van der Waals surface area contributed by atoms with Crippen molar-refractivity contribution < 1.29 is 9.90 Å². The lowest BCUT2D eigenvalue weighted by Gasteiger charge is -2.01. The number of hydrogen-bond donors (Lipinski definition) is 1. The van der Waals surface area contributed by atoms with Gasteiger partial charge in [0.25, 0.3) is 0 Å². The van der Waals surface area contributed by atoms with E-state index in [0.717, 1.165) is 56.9 Å². The minimum atomic E-state index is -0.688. The van der Waals surface area contributed by atoms with Crippen molar-refractivity contribution in [3.63, 3.8) is 0 Å². The first-order chi connectivity index (χ1) is 10.2. The molecule has 0 aliphatic carbocycles. The van der Waals surface area contributed by atoms with E-state index in [0.29, 0.717) is 6.42 Å². The molecule has 0 aliphatic heterocycles. The molecule has 0 amide bonds. The lowest BCUT2D eigenvalue weighted by Crippen LogP contribution is -1.93. The van der Waals surface area contributed by atoms with E-state index in [1.165, 1.54) is 0 Å². The van der Waals surface area contributed by atoms with Gasteiger partial charge in [-0.1, -0.05) is 74.8 Å². The zero-order chi connectivity index (χ0) is 15.8. The van der Waals surface area contributed by atoms with Crippen LogP contribution in [0.2, 0.25) is 0 Å². The molecule has 0 aromatic rings. The van der Waals surface area contributed by atoms with E-state index in [1.54, 1.807) is 0 Å². The van der Waals surface area contributed by atoms with Gasteiger partial charge in [-0.3, -0.25) is 4.79 Å². The summed E-state index contributed by atoms with van der Waals surface area (Å²) in [5.41, 5.74) is 1.16. The van der Waals surface area contributed by atoms with Crippen LogP contribution in [0.3, 0.4) is 0 Å². The smallest absolute Gasteiger partial charge is 0.303 e. The summed E-state index contributed by atoms with van der Waals surface area (Å²) in [5, 5.41) is 8.52. The Kier molecular flexibility index (Phi) is 13.7. The Morgan fingerprint density at radius 2 is 1.62 bits per heavy atom. The van der Waals surface area contributed by atoms with Crippen molar-refractivity contribution in [1.82, 2.24) is 0 Å². The summed E-state index contributed by atoms with van der Waals surface area (Å²) in [7, 11) is 0. The van der Waals surface area contributed by atoms with E-state index in [-0.39, 0.29) is 0 Å². The normalized spacial score (nSPS) is 11.9. The van der Waals surface area contributed by atoms with Crippen molar-refractivity contribution in [3.8, 4) is 0 Å². The molecule has 118 valence electrons. The first-order valence-electron chi connectivity index (χ1n) is 8.04. The van der Waals surface area contributed by atoms with Crippen molar-refractivity contribution in [2.45, 2.75) is 64.7 Å². The molecule has 0 saturated heterocycles. The van der Waals surface area contributed by atoms with Crippen molar-refractivity contribution in [3.05, 3.63) is 48.6 Å². The molecule has 2 nitrogen and oxygen atoms in total. The summed E-state index contributed by atoms with van der Waals surface area (Å²) >= 11 is 0. The summed E-state index contributed by atoms with van der Waals surface area (Å²) in [6, 6.07) is 0. The molecule has 0 atom stereocenters. The summed E-state index contributed by atoms with van der Waals surface area (Å²) < 4.78 is 0. The van der Waals surface area contributed by atoms with E-state index in [4.69, 9.17) is 5.11 Å². The fraction of sp³-hybridized carbons (Fsp3) is 0.526. The minimum Gasteiger partial charge on any atom is -0.481 e. The SMILES string of the molecule is C=C(C=CC=CCC=CCC)CCCCCCCC(=O)O. The molecular weight excluding hydrogens is 260 g/mol. The van der Waals surface area contributed by atoms with Crippen LogP contribution in [0.15, 0.2) is 48.6 Å². The van der Waals surface area contributed by atoms with Crippen LogP contribution in [0.4, 0.5) is 0 Å². The van der Waals surface area contributed by atoms with Crippen LogP contribution >= 0.6 is 0 Å². The average Bonchev–Trinajstić information content (AvgIpc) is 2.45. The second-order valence-electron chi connectivity index (χ2n) is 5.22. The molecule has 0 fully saturated rings. The summed E-state index contributed by atoms with van der Waals surface area (Å²) in [6.45, 7) is 6.18. The lowest BCUT2D eigenvalue weighted by atomic mass is 10.1. The maximum absolute atomic E-state index is 10.3. The van der Waals surface area contributed by atoms with Crippen molar-refractivity contribution in [1.29, 1.82) is 0 Å². The zero-order valence-electron chi connectivity index (χ0n) is 13.4. The Labute approximate surface area is 130 Å². The molecule has 0 aliphatic rings. The Bertz CT molecular complexity index is 362. The maximum Gasteiger partial charge on any atom is 0.303 e. The van der Waals surface area contributed by atoms with E-state index < -0.39 is 5.97 Å². The minimum absolute atomic E-state index is 0.301. The van der Waals surface area contributed by atoms with Gasteiger partial charge in [0.15, 0.2) is 0 Å². The number of allylic oxidation sites excluding steroid dienone is 7. The predicted octanol–water partition coefficient (Wildman–Crippen LogP) is 5.83. The van der Waals surface area contributed by atoms with E-state index in [9.17, 15) is 4.79 Å². The third-order valence-electron chi connectivity index (χ3n) is 3.14. The molecule has 0 aromatic carbocycles. The molecule has 0 heterocycles. The van der Waals surface area contributed by atoms with E-state index >= 15 is 0 Å². The van der Waals surface area contributed by atoms with Crippen LogP contribution in [0, 0.1) is 0 Å². The van der Waals surface area contributed by atoms with Crippen LogP contribution in [-0.4, -0.2) is 11.1 Å². The monoisotopic (exact) mass is 290 g/mol. The third-order valence-corrected chi connectivity index (χ3v) is 3.14. The van der Waals surface area contributed by atoms with Crippen molar-refractivity contribution in [2.24, 2.45) is 0 Å². The summed E-state index contributed by atoms with van der Waals surface area (Å²) in [4.78, 5) is 10.3. The van der Waals surface area contributed by atoms with Gasteiger partial charge in [-0.25, -0.2) is 0 Å². The van der Waals surface area contributed by atoms with Crippen LogP contribution in [0.25, 0.3) is 0 Å². The zero-order valence-corrected chi connectivity index (χ0v) is 13.4. The van der Waals surface area contributed by atoms with Crippen LogP contribution in [0.5, 0.6) is 0 Å². The molecule has 21 heavy (non-hydrogen) atoms. The van der Waals surface area contributed by atoms with E-state index in [1.807, 2.05) is 0 Å². The van der Waals surface area contributed by atoms with Gasteiger partial charge in [-0.05, 0) is 32.1 Å². The molecule has 0 bridgehead atoms. The molecule has 0 saturated carbocycles. The van der Waals surface area contributed by atoms with Crippen molar-refractivity contribution >= 4 is 5.97 Å². The van der Waals surface area contributed by atoms with Gasteiger partial charge in [0.1, 0.15) is 0 Å². The van der Waals surface area contributed by atoms with Crippen LogP contribution in [-0.2, 0) is 4.79 Å². The number of rotatable bonds is 13. The highest BCUT2D eigenvalue weighted by molar-refractivity contribution is 5.66. The second kappa shape index (κ2) is 14.8. The molecule has 0 aromatic heterocycles. The fourth-order valence-corrected chi connectivity index (χ4v) is 1.93. The first kappa shape index (κ1) is 19.4. The Morgan fingerprint density at radius 3 is 2.29 bits per heavy atom. The van der Waals surface area contributed by atoms with Crippen molar-refractivity contribution in [2.75, 3.05) is 0 Å². The number of carboxylic acid groups (broad SMARTS) is 1. The number of carbonyl (C=O) groups is 1. The highest BCUT2D eigenvalue weighted by atomic mass is 16.4. The molecule has 0 spiro atoms. The fourth-order valence-electron chi connectivity index (χ4n) is 1.93. The largest absolute Gasteiger partial charge is 0.481 e. The first-order valence-corrected chi connectivity index (χ1v) is 8.04. The highest BCUT2D eigenvalue weighted by Crippen LogP contribution is 2.11. The third kappa shape index (κ3) is 16.4. The van der Waals surface area contributed by atoms with Gasteiger partial charge in [0, 0.05) is 6.42 Å².